The second-order valence-corrected chi connectivity index (χ2v) is 4.64. The molecular weight excluding hydrogens is 315 g/mol. The first-order valence-corrected chi connectivity index (χ1v) is 6.09. The lowest BCUT2D eigenvalue weighted by molar-refractivity contribution is 0.651. The highest BCUT2D eigenvalue weighted by molar-refractivity contribution is 14.1. The molecule has 1 aromatic carbocycles. The van der Waals surface area contributed by atoms with Crippen molar-refractivity contribution in [1.82, 2.24) is 9.55 Å². The zero-order valence-corrected chi connectivity index (χ0v) is 10.8. The molecule has 0 amide bonds. The summed E-state index contributed by atoms with van der Waals surface area (Å²) in [6.07, 6.45) is 4.03. The van der Waals surface area contributed by atoms with Gasteiger partial charge in [0.2, 0.25) is 0 Å². The summed E-state index contributed by atoms with van der Waals surface area (Å²) in [6, 6.07) is 10.1. The van der Waals surface area contributed by atoms with E-state index in [1.54, 1.807) is 17.1 Å². The fourth-order valence-corrected chi connectivity index (χ4v) is 1.95. The van der Waals surface area contributed by atoms with Crippen molar-refractivity contribution in [1.29, 1.82) is 0 Å². The van der Waals surface area contributed by atoms with E-state index >= 15 is 0 Å². The van der Waals surface area contributed by atoms with E-state index in [2.05, 4.69) is 17.1 Å². The van der Waals surface area contributed by atoms with Crippen LogP contribution in [0.5, 0.6) is 0 Å². The van der Waals surface area contributed by atoms with Crippen molar-refractivity contribution in [3.05, 3.63) is 62.3 Å². The van der Waals surface area contributed by atoms with Crippen molar-refractivity contribution in [2.75, 3.05) is 0 Å². The normalized spacial score (nSPS) is 10.3. The maximum atomic E-state index is 11.7. The highest BCUT2D eigenvalue weighted by Gasteiger charge is 2.00. The van der Waals surface area contributed by atoms with Gasteiger partial charge in [-0.3, -0.25) is 9.36 Å². The van der Waals surface area contributed by atoms with Gasteiger partial charge in [-0.25, -0.2) is 4.98 Å². The van der Waals surface area contributed by atoms with Gasteiger partial charge in [0, 0.05) is 12.7 Å². The molecule has 0 unspecified atom stereocenters. The van der Waals surface area contributed by atoms with E-state index in [1.807, 2.05) is 40.8 Å². The maximum Gasteiger partial charge on any atom is 0.266 e. The molecule has 0 aliphatic carbocycles. The number of benzene rings is 1. The third-order valence-corrected chi connectivity index (χ3v) is 3.08. The van der Waals surface area contributed by atoms with E-state index in [1.165, 1.54) is 5.56 Å². The number of nitrogens with zero attached hydrogens (tertiary/aromatic N) is 2. The summed E-state index contributed by atoms with van der Waals surface area (Å²) in [5.74, 6) is 0. The Kier molecular flexibility index (Phi) is 3.71. The van der Waals surface area contributed by atoms with Crippen LogP contribution < -0.4 is 5.56 Å². The molecule has 3 nitrogen and oxygen atoms in total. The van der Waals surface area contributed by atoms with Gasteiger partial charge in [0.05, 0.1) is 9.90 Å². The van der Waals surface area contributed by atoms with Gasteiger partial charge in [-0.15, -0.1) is 0 Å². The molecule has 2 aromatic rings. The topological polar surface area (TPSA) is 34.9 Å². The van der Waals surface area contributed by atoms with Gasteiger partial charge in [-0.1, -0.05) is 30.3 Å². The summed E-state index contributed by atoms with van der Waals surface area (Å²) in [5.41, 5.74) is 1.26. The van der Waals surface area contributed by atoms with Gasteiger partial charge >= 0.3 is 0 Å². The standard InChI is InChI=1S/C12H11IN2O/c13-11-8-14-9-15(12(11)16)7-6-10-4-2-1-3-5-10/h1-5,8-9H,6-7H2. The molecule has 0 radical (unpaired) electrons. The van der Waals surface area contributed by atoms with Crippen LogP contribution in [0.1, 0.15) is 5.56 Å². The number of aromatic nitrogens is 2. The molecule has 4 heteroatoms. The third kappa shape index (κ3) is 2.69. The van der Waals surface area contributed by atoms with Crippen LogP contribution in [0.3, 0.4) is 0 Å². The first-order chi connectivity index (χ1) is 7.77. The number of halogens is 1. The van der Waals surface area contributed by atoms with Gasteiger partial charge in [0.25, 0.3) is 5.56 Å². The molecule has 0 aliphatic rings. The van der Waals surface area contributed by atoms with E-state index in [9.17, 15) is 4.79 Å². The molecule has 0 saturated heterocycles. The largest absolute Gasteiger partial charge is 0.298 e. The molecule has 1 aromatic heterocycles. The Hall–Kier alpha value is -1.17. The van der Waals surface area contributed by atoms with Crippen LogP contribution in [0.15, 0.2) is 47.7 Å². The Morgan fingerprint density at radius 1 is 1.25 bits per heavy atom. The third-order valence-electron chi connectivity index (χ3n) is 2.34. The molecule has 1 heterocycles. The Balaban J connectivity index is 2.11. The van der Waals surface area contributed by atoms with Crippen molar-refractivity contribution < 1.29 is 0 Å². The van der Waals surface area contributed by atoms with E-state index < -0.39 is 0 Å². The molecule has 0 N–H and O–H groups in total. The first-order valence-electron chi connectivity index (χ1n) is 5.01. The zero-order chi connectivity index (χ0) is 11.4. The number of aryl methyl sites for hydroxylation is 2. The Bertz CT molecular complexity index is 522. The Morgan fingerprint density at radius 3 is 2.75 bits per heavy atom. The summed E-state index contributed by atoms with van der Waals surface area (Å²) in [6.45, 7) is 0.673. The van der Waals surface area contributed by atoms with Crippen LogP contribution in [0, 0.1) is 3.57 Å². The Morgan fingerprint density at radius 2 is 2.00 bits per heavy atom. The van der Waals surface area contributed by atoms with Gasteiger partial charge < -0.3 is 0 Å². The Labute approximate surface area is 107 Å². The summed E-state index contributed by atoms with van der Waals surface area (Å²) in [4.78, 5) is 15.7. The summed E-state index contributed by atoms with van der Waals surface area (Å²) < 4.78 is 2.31. The second kappa shape index (κ2) is 5.25. The summed E-state index contributed by atoms with van der Waals surface area (Å²) in [5, 5.41) is 0. The monoisotopic (exact) mass is 326 g/mol. The van der Waals surface area contributed by atoms with Crippen LogP contribution in [0.25, 0.3) is 0 Å². The number of hydrogen-bond donors (Lipinski definition) is 0. The van der Waals surface area contributed by atoms with Crippen molar-refractivity contribution in [3.8, 4) is 0 Å². The fraction of sp³-hybridized carbons (Fsp3) is 0.167. The van der Waals surface area contributed by atoms with E-state index in [0.29, 0.717) is 10.1 Å². The molecule has 16 heavy (non-hydrogen) atoms. The molecular formula is C12H11IN2O. The quantitative estimate of drug-likeness (QED) is 0.810. The number of hydrogen-bond acceptors (Lipinski definition) is 2. The molecule has 0 atom stereocenters. The van der Waals surface area contributed by atoms with E-state index in [4.69, 9.17) is 0 Å². The van der Waals surface area contributed by atoms with Crippen LogP contribution in [0.2, 0.25) is 0 Å². The van der Waals surface area contributed by atoms with Crippen LogP contribution in [-0.4, -0.2) is 9.55 Å². The molecule has 2 rings (SSSR count). The molecule has 0 saturated carbocycles. The lowest BCUT2D eigenvalue weighted by Gasteiger charge is -2.05. The minimum atomic E-state index is 0.0338. The summed E-state index contributed by atoms with van der Waals surface area (Å²) in [7, 11) is 0. The average molecular weight is 326 g/mol. The van der Waals surface area contributed by atoms with Crippen LogP contribution in [0.4, 0.5) is 0 Å². The minimum absolute atomic E-state index is 0.0338. The maximum absolute atomic E-state index is 11.7. The average Bonchev–Trinajstić information content (AvgIpc) is 2.32. The van der Waals surface area contributed by atoms with Crippen molar-refractivity contribution in [2.24, 2.45) is 0 Å². The smallest absolute Gasteiger partial charge is 0.266 e. The SMILES string of the molecule is O=c1c(I)cncn1CCc1ccccc1. The van der Waals surface area contributed by atoms with Crippen molar-refractivity contribution in [3.63, 3.8) is 0 Å². The molecule has 0 fully saturated rings. The number of rotatable bonds is 3. The fourth-order valence-electron chi connectivity index (χ4n) is 1.48. The minimum Gasteiger partial charge on any atom is -0.298 e. The lowest BCUT2D eigenvalue weighted by Crippen LogP contribution is -2.23. The second-order valence-electron chi connectivity index (χ2n) is 3.48. The lowest BCUT2D eigenvalue weighted by atomic mass is 10.1. The van der Waals surface area contributed by atoms with Gasteiger partial charge in [0.1, 0.15) is 0 Å². The van der Waals surface area contributed by atoms with Crippen molar-refractivity contribution >= 4 is 22.6 Å². The van der Waals surface area contributed by atoms with Crippen LogP contribution in [-0.2, 0) is 13.0 Å². The predicted molar refractivity (Wildman–Crippen MR) is 71.4 cm³/mol. The highest BCUT2D eigenvalue weighted by Crippen LogP contribution is 2.01. The predicted octanol–water partition coefficient (Wildman–Crippen LogP) is 2.09. The highest BCUT2D eigenvalue weighted by atomic mass is 127. The van der Waals surface area contributed by atoms with Crippen molar-refractivity contribution in [2.45, 2.75) is 13.0 Å². The first kappa shape index (κ1) is 11.3. The molecule has 0 bridgehead atoms. The summed E-state index contributed by atoms with van der Waals surface area (Å²) >= 11 is 2.01. The van der Waals surface area contributed by atoms with Gasteiger partial charge in [0.15, 0.2) is 0 Å². The van der Waals surface area contributed by atoms with Gasteiger partial charge in [-0.2, -0.15) is 0 Å². The van der Waals surface area contributed by atoms with E-state index in [0.717, 1.165) is 6.42 Å². The van der Waals surface area contributed by atoms with E-state index in [-0.39, 0.29) is 5.56 Å². The van der Waals surface area contributed by atoms with Crippen LogP contribution >= 0.6 is 22.6 Å². The molecule has 0 aliphatic heterocycles. The molecule has 82 valence electrons. The zero-order valence-electron chi connectivity index (χ0n) is 8.64. The van der Waals surface area contributed by atoms with Gasteiger partial charge in [-0.05, 0) is 34.6 Å². The molecule has 0 spiro atoms.